The summed E-state index contributed by atoms with van der Waals surface area (Å²) in [6.45, 7) is 1.63. The monoisotopic (exact) mass is 231 g/mol. The molecule has 0 saturated heterocycles. The van der Waals surface area contributed by atoms with E-state index in [1.807, 2.05) is 38.4 Å². The number of benzene rings is 1. The smallest absolute Gasteiger partial charge is 0.119 e. The average molecular weight is 232 g/mol. The predicted octanol–water partition coefficient (Wildman–Crippen LogP) is 2.87. The molecule has 4 heteroatoms. The fraction of sp³-hybridized carbons (Fsp3) is 0.400. The van der Waals surface area contributed by atoms with Gasteiger partial charge in [0, 0.05) is 11.4 Å². The summed E-state index contributed by atoms with van der Waals surface area (Å²) in [6, 6.07) is 7.76. The summed E-state index contributed by atoms with van der Waals surface area (Å²) >= 11 is 0. The summed E-state index contributed by atoms with van der Waals surface area (Å²) in [5.74, 6) is 0.890. The largest absolute Gasteiger partial charge is 0.492 e. The van der Waals surface area contributed by atoms with Crippen LogP contribution in [-0.4, -0.2) is 32.1 Å². The maximum atomic E-state index is 5.59. The molecule has 0 bridgehead atoms. The maximum absolute atomic E-state index is 5.59. The third-order valence-corrected chi connectivity index (χ3v) is 2.70. The molecule has 0 unspecified atom stereocenters. The molecule has 14 heavy (non-hydrogen) atoms. The van der Waals surface area contributed by atoms with E-state index in [0.29, 0.717) is 6.61 Å². The molecular weight excluding hydrogens is 218 g/mol. The van der Waals surface area contributed by atoms with E-state index in [9.17, 15) is 0 Å². The lowest BCUT2D eigenvalue weighted by Crippen LogP contribution is -2.19. The minimum absolute atomic E-state index is 0.709. The molecule has 0 saturated carbocycles. The molecule has 0 atom stereocenters. The van der Waals surface area contributed by atoms with E-state index in [2.05, 4.69) is 4.90 Å². The molecule has 0 fully saturated rings. The molecule has 0 aliphatic carbocycles. The Labute approximate surface area is 93.7 Å². The molecular formula is C10H14ClNOS. The van der Waals surface area contributed by atoms with E-state index in [4.69, 9.17) is 15.4 Å². The van der Waals surface area contributed by atoms with Crippen LogP contribution in [0.4, 0.5) is 0 Å². The van der Waals surface area contributed by atoms with E-state index in [-0.39, 0.29) is 0 Å². The second kappa shape index (κ2) is 6.17. The molecule has 2 nitrogen and oxygen atoms in total. The minimum atomic E-state index is 0.709. The van der Waals surface area contributed by atoms with Crippen molar-refractivity contribution in [2.24, 2.45) is 0 Å². The van der Waals surface area contributed by atoms with Crippen molar-refractivity contribution in [3.05, 3.63) is 24.3 Å². The fourth-order valence-electron chi connectivity index (χ4n) is 0.933. The molecule has 0 aliphatic heterocycles. The molecule has 1 aromatic carbocycles. The van der Waals surface area contributed by atoms with Gasteiger partial charge >= 0.3 is 0 Å². The normalized spacial score (nSPS) is 10.6. The van der Waals surface area contributed by atoms with Gasteiger partial charge in [-0.05, 0) is 60.0 Å². The molecule has 1 rings (SSSR count). The second-order valence-electron chi connectivity index (χ2n) is 3.20. The Morgan fingerprint density at radius 3 is 2.43 bits per heavy atom. The van der Waals surface area contributed by atoms with Crippen molar-refractivity contribution in [3.63, 3.8) is 0 Å². The summed E-state index contributed by atoms with van der Waals surface area (Å²) in [5.41, 5.74) is 0. The van der Waals surface area contributed by atoms with Crippen molar-refractivity contribution in [3.8, 4) is 5.75 Å². The van der Waals surface area contributed by atoms with Gasteiger partial charge in [0.2, 0.25) is 0 Å². The van der Waals surface area contributed by atoms with E-state index in [0.717, 1.165) is 17.2 Å². The first kappa shape index (κ1) is 11.7. The number of halogens is 1. The Balaban J connectivity index is 2.36. The van der Waals surface area contributed by atoms with E-state index in [1.165, 1.54) is 11.0 Å². The summed E-state index contributed by atoms with van der Waals surface area (Å²) < 4.78 is 5.52. The minimum Gasteiger partial charge on any atom is -0.492 e. The molecule has 0 aromatic heterocycles. The lowest BCUT2D eigenvalue weighted by Gasteiger charge is -2.10. The van der Waals surface area contributed by atoms with Crippen LogP contribution in [0.25, 0.3) is 0 Å². The van der Waals surface area contributed by atoms with Crippen LogP contribution in [0.3, 0.4) is 0 Å². The van der Waals surface area contributed by atoms with Crippen molar-refractivity contribution < 1.29 is 4.74 Å². The fourth-order valence-corrected chi connectivity index (χ4v) is 1.48. The molecule has 0 N–H and O–H groups in total. The van der Waals surface area contributed by atoms with Gasteiger partial charge in [-0.1, -0.05) is 0 Å². The molecule has 0 radical (unpaired) electrons. The number of rotatable bonds is 5. The van der Waals surface area contributed by atoms with Crippen LogP contribution in [0.15, 0.2) is 29.2 Å². The Hall–Kier alpha value is -0.380. The van der Waals surface area contributed by atoms with Gasteiger partial charge in [0.15, 0.2) is 0 Å². The summed E-state index contributed by atoms with van der Waals surface area (Å²) in [7, 11) is 10.9. The standard InChI is InChI=1S/C10H14ClNOS/c1-12(2)7-8-13-9-3-5-10(14-11)6-4-9/h3-6H,7-8H2,1-2H3. The highest BCUT2D eigenvalue weighted by atomic mass is 35.7. The Morgan fingerprint density at radius 2 is 1.93 bits per heavy atom. The predicted molar refractivity (Wildman–Crippen MR) is 62.2 cm³/mol. The highest BCUT2D eigenvalue weighted by Gasteiger charge is 1.95. The van der Waals surface area contributed by atoms with Gasteiger partial charge in [0.25, 0.3) is 0 Å². The van der Waals surface area contributed by atoms with Gasteiger partial charge in [0.1, 0.15) is 12.4 Å². The van der Waals surface area contributed by atoms with Crippen LogP contribution >= 0.6 is 21.7 Å². The van der Waals surface area contributed by atoms with Crippen molar-refractivity contribution in [1.82, 2.24) is 4.90 Å². The van der Waals surface area contributed by atoms with Crippen LogP contribution in [0.1, 0.15) is 0 Å². The van der Waals surface area contributed by atoms with Gasteiger partial charge in [0.05, 0.1) is 0 Å². The van der Waals surface area contributed by atoms with Crippen LogP contribution in [0.5, 0.6) is 5.75 Å². The van der Waals surface area contributed by atoms with Crippen molar-refractivity contribution in [1.29, 1.82) is 0 Å². The number of likely N-dealkylation sites (N-methyl/N-ethyl adjacent to an activating group) is 1. The SMILES string of the molecule is CN(C)CCOc1ccc(SCl)cc1. The zero-order chi connectivity index (χ0) is 10.4. The molecule has 1 aromatic rings. The zero-order valence-corrected chi connectivity index (χ0v) is 9.94. The average Bonchev–Trinajstić information content (AvgIpc) is 2.18. The molecule has 78 valence electrons. The van der Waals surface area contributed by atoms with Gasteiger partial charge in [-0.25, -0.2) is 0 Å². The van der Waals surface area contributed by atoms with Crippen molar-refractivity contribution >= 4 is 21.7 Å². The van der Waals surface area contributed by atoms with Gasteiger partial charge < -0.3 is 9.64 Å². The molecule has 0 heterocycles. The van der Waals surface area contributed by atoms with Crippen LogP contribution in [0.2, 0.25) is 0 Å². The third-order valence-electron chi connectivity index (χ3n) is 1.72. The Morgan fingerprint density at radius 1 is 1.29 bits per heavy atom. The van der Waals surface area contributed by atoms with E-state index < -0.39 is 0 Å². The first-order valence-corrected chi connectivity index (χ1v) is 6.03. The van der Waals surface area contributed by atoms with E-state index in [1.54, 1.807) is 0 Å². The Bertz CT molecular complexity index is 263. The number of ether oxygens (including phenoxy) is 1. The topological polar surface area (TPSA) is 12.5 Å². The Kier molecular flexibility index (Phi) is 5.15. The zero-order valence-electron chi connectivity index (χ0n) is 8.37. The van der Waals surface area contributed by atoms with E-state index >= 15 is 0 Å². The van der Waals surface area contributed by atoms with Gasteiger partial charge in [-0.2, -0.15) is 0 Å². The van der Waals surface area contributed by atoms with Crippen LogP contribution < -0.4 is 4.74 Å². The number of hydrogen-bond acceptors (Lipinski definition) is 3. The molecule has 0 spiro atoms. The third kappa shape index (κ3) is 4.22. The first-order valence-electron chi connectivity index (χ1n) is 4.38. The second-order valence-corrected chi connectivity index (χ2v) is 4.29. The van der Waals surface area contributed by atoms with Crippen molar-refractivity contribution in [2.45, 2.75) is 4.90 Å². The highest BCUT2D eigenvalue weighted by molar-refractivity contribution is 8.21. The lowest BCUT2D eigenvalue weighted by molar-refractivity contribution is 0.261. The molecule has 0 aliphatic rings. The summed E-state index contributed by atoms with van der Waals surface area (Å²) in [5, 5.41) is 0. The van der Waals surface area contributed by atoms with Crippen LogP contribution in [0, 0.1) is 0 Å². The van der Waals surface area contributed by atoms with Gasteiger partial charge in [-0.15, -0.1) is 0 Å². The molecule has 0 amide bonds. The maximum Gasteiger partial charge on any atom is 0.119 e. The van der Waals surface area contributed by atoms with Crippen molar-refractivity contribution in [2.75, 3.05) is 27.2 Å². The first-order chi connectivity index (χ1) is 6.72. The van der Waals surface area contributed by atoms with Gasteiger partial charge in [-0.3, -0.25) is 0 Å². The lowest BCUT2D eigenvalue weighted by atomic mass is 10.3. The quantitative estimate of drug-likeness (QED) is 0.773. The van der Waals surface area contributed by atoms with Crippen LogP contribution in [-0.2, 0) is 0 Å². The number of nitrogens with zero attached hydrogens (tertiary/aromatic N) is 1. The summed E-state index contributed by atoms with van der Waals surface area (Å²) in [6.07, 6.45) is 0. The number of hydrogen-bond donors (Lipinski definition) is 0. The summed E-state index contributed by atoms with van der Waals surface area (Å²) in [4.78, 5) is 3.12. The highest BCUT2D eigenvalue weighted by Crippen LogP contribution is 2.23.